The van der Waals surface area contributed by atoms with Crippen molar-refractivity contribution in [3.05, 3.63) is 35.1 Å². The maximum Gasteiger partial charge on any atom is 0.254 e. The predicted octanol–water partition coefficient (Wildman–Crippen LogP) is 1.26. The first-order valence-electron chi connectivity index (χ1n) is 5.95. The van der Waals surface area contributed by atoms with E-state index in [-0.39, 0.29) is 16.7 Å². The molecule has 2 rings (SSSR count). The normalized spacial score (nSPS) is 19.3. The molecule has 1 atom stereocenters. The highest BCUT2D eigenvalue weighted by atomic mass is 32.1. The summed E-state index contributed by atoms with van der Waals surface area (Å²) in [6, 6.07) is 4.13. The monoisotopic (exact) mass is 282 g/mol. The fourth-order valence-corrected chi connectivity index (χ4v) is 2.19. The van der Waals surface area contributed by atoms with Gasteiger partial charge in [-0.15, -0.1) is 0 Å². The minimum absolute atomic E-state index is 0.151. The number of benzene rings is 1. The van der Waals surface area contributed by atoms with E-state index in [0.29, 0.717) is 30.8 Å². The Balaban J connectivity index is 2.17. The van der Waals surface area contributed by atoms with Crippen molar-refractivity contribution in [3.63, 3.8) is 0 Å². The summed E-state index contributed by atoms with van der Waals surface area (Å²) in [6.45, 7) is 2.93. The average Bonchev–Trinajstić information content (AvgIpc) is 2.38. The number of carbonyl (C=O) groups excluding carboxylic acids is 1. The molecule has 6 heteroatoms. The van der Waals surface area contributed by atoms with Gasteiger partial charge in [0.25, 0.3) is 5.91 Å². The number of thiocarbonyl (C=S) groups is 1. The first-order chi connectivity index (χ1) is 8.99. The Hall–Kier alpha value is -1.53. The molecule has 19 heavy (non-hydrogen) atoms. The van der Waals surface area contributed by atoms with E-state index in [4.69, 9.17) is 22.7 Å². The van der Waals surface area contributed by atoms with Crippen molar-refractivity contribution in [2.75, 3.05) is 19.7 Å². The van der Waals surface area contributed by atoms with Crippen LogP contribution in [0.15, 0.2) is 18.2 Å². The van der Waals surface area contributed by atoms with Crippen LogP contribution < -0.4 is 5.73 Å². The summed E-state index contributed by atoms with van der Waals surface area (Å²) >= 11 is 4.88. The molecule has 0 aliphatic carbocycles. The van der Waals surface area contributed by atoms with Gasteiger partial charge in [-0.25, -0.2) is 4.39 Å². The van der Waals surface area contributed by atoms with Crippen LogP contribution in [0.5, 0.6) is 0 Å². The maximum absolute atomic E-state index is 13.0. The smallest absolute Gasteiger partial charge is 0.254 e. The number of halogens is 1. The van der Waals surface area contributed by atoms with Crippen molar-refractivity contribution >= 4 is 23.1 Å². The van der Waals surface area contributed by atoms with Gasteiger partial charge in [0.2, 0.25) is 0 Å². The quantitative estimate of drug-likeness (QED) is 0.830. The minimum atomic E-state index is -0.409. The lowest BCUT2D eigenvalue weighted by atomic mass is 10.1. The number of nitrogens with two attached hydrogens (primary N) is 1. The molecule has 1 heterocycles. The van der Waals surface area contributed by atoms with Crippen molar-refractivity contribution < 1.29 is 13.9 Å². The fourth-order valence-electron chi connectivity index (χ4n) is 2.04. The first-order valence-corrected chi connectivity index (χ1v) is 6.36. The molecule has 0 saturated carbocycles. The summed E-state index contributed by atoms with van der Waals surface area (Å²) in [7, 11) is 0. The first kappa shape index (κ1) is 13.9. The molecule has 0 aromatic heterocycles. The van der Waals surface area contributed by atoms with E-state index in [0.717, 1.165) is 0 Å². The van der Waals surface area contributed by atoms with Gasteiger partial charge in [0, 0.05) is 12.1 Å². The highest BCUT2D eigenvalue weighted by Gasteiger charge is 2.27. The van der Waals surface area contributed by atoms with Gasteiger partial charge in [-0.2, -0.15) is 0 Å². The standard InChI is InChI=1S/C13H15FN2O2S/c1-8-6-9(14)2-3-10(8)13(17)16-4-5-18-11(7-16)12(15)19/h2-3,6,11H,4-5,7H2,1H3,(H2,15,19). The number of ether oxygens (including phenoxy) is 1. The molecule has 4 nitrogen and oxygen atoms in total. The summed E-state index contributed by atoms with van der Waals surface area (Å²) < 4.78 is 18.4. The summed E-state index contributed by atoms with van der Waals surface area (Å²) in [4.78, 5) is 14.2. The van der Waals surface area contributed by atoms with Gasteiger partial charge >= 0.3 is 0 Å². The second-order valence-electron chi connectivity index (χ2n) is 4.47. The number of hydrogen-bond donors (Lipinski definition) is 1. The Morgan fingerprint density at radius 2 is 2.32 bits per heavy atom. The van der Waals surface area contributed by atoms with E-state index in [1.165, 1.54) is 18.2 Å². The maximum atomic E-state index is 13.0. The number of aryl methyl sites for hydroxylation is 1. The van der Waals surface area contributed by atoms with Crippen LogP contribution in [0.25, 0.3) is 0 Å². The molecule has 1 aromatic rings. The second-order valence-corrected chi connectivity index (χ2v) is 4.94. The molecule has 1 aliphatic heterocycles. The Morgan fingerprint density at radius 1 is 1.58 bits per heavy atom. The summed E-state index contributed by atoms with van der Waals surface area (Å²) in [6.07, 6.45) is -0.409. The van der Waals surface area contributed by atoms with Crippen LogP contribution in [0, 0.1) is 12.7 Å². The molecule has 0 radical (unpaired) electrons. The Kier molecular flexibility index (Phi) is 4.11. The van der Waals surface area contributed by atoms with Gasteiger partial charge in [0.15, 0.2) is 0 Å². The summed E-state index contributed by atoms with van der Waals surface area (Å²) in [5.41, 5.74) is 6.64. The number of nitrogens with zero attached hydrogens (tertiary/aromatic N) is 1. The topological polar surface area (TPSA) is 55.6 Å². The van der Waals surface area contributed by atoms with Crippen molar-refractivity contribution in [2.24, 2.45) is 5.73 Å². The molecule has 0 bridgehead atoms. The van der Waals surface area contributed by atoms with Gasteiger partial charge in [0.05, 0.1) is 13.2 Å². The molecule has 1 saturated heterocycles. The number of amides is 1. The Bertz CT molecular complexity index is 521. The van der Waals surface area contributed by atoms with E-state index in [1.54, 1.807) is 11.8 Å². The van der Waals surface area contributed by atoms with Crippen LogP contribution in [0.4, 0.5) is 4.39 Å². The predicted molar refractivity (Wildman–Crippen MR) is 73.6 cm³/mol. The number of hydrogen-bond acceptors (Lipinski definition) is 3. The lowest BCUT2D eigenvalue weighted by Gasteiger charge is -2.32. The van der Waals surface area contributed by atoms with Crippen LogP contribution in [-0.4, -0.2) is 41.6 Å². The average molecular weight is 282 g/mol. The van der Waals surface area contributed by atoms with Gasteiger partial charge < -0.3 is 15.4 Å². The SMILES string of the molecule is Cc1cc(F)ccc1C(=O)N1CCOC(C(N)=S)C1. The van der Waals surface area contributed by atoms with E-state index < -0.39 is 6.10 Å². The number of carbonyl (C=O) groups is 1. The molecule has 102 valence electrons. The third kappa shape index (κ3) is 3.08. The molecule has 1 unspecified atom stereocenters. The molecule has 1 aliphatic rings. The lowest BCUT2D eigenvalue weighted by molar-refractivity contribution is 0.00874. The second kappa shape index (κ2) is 5.63. The largest absolute Gasteiger partial charge is 0.391 e. The molecular weight excluding hydrogens is 267 g/mol. The highest BCUT2D eigenvalue weighted by molar-refractivity contribution is 7.80. The fraction of sp³-hybridized carbons (Fsp3) is 0.385. The van der Waals surface area contributed by atoms with Crippen LogP contribution in [0.3, 0.4) is 0 Å². The van der Waals surface area contributed by atoms with Crippen LogP contribution in [-0.2, 0) is 4.74 Å². The summed E-state index contributed by atoms with van der Waals surface area (Å²) in [5.74, 6) is -0.501. The van der Waals surface area contributed by atoms with Crippen LogP contribution >= 0.6 is 12.2 Å². The van der Waals surface area contributed by atoms with Gasteiger partial charge in [0.1, 0.15) is 16.9 Å². The van der Waals surface area contributed by atoms with Gasteiger partial charge in [-0.05, 0) is 30.7 Å². The third-order valence-electron chi connectivity index (χ3n) is 3.09. The van der Waals surface area contributed by atoms with Crippen LogP contribution in [0.1, 0.15) is 15.9 Å². The third-order valence-corrected chi connectivity index (χ3v) is 3.35. The minimum Gasteiger partial charge on any atom is -0.391 e. The summed E-state index contributed by atoms with van der Waals surface area (Å²) in [5, 5.41) is 0. The molecule has 1 aromatic carbocycles. The van der Waals surface area contributed by atoms with E-state index in [2.05, 4.69) is 0 Å². The van der Waals surface area contributed by atoms with E-state index in [1.807, 2.05) is 0 Å². The highest BCUT2D eigenvalue weighted by Crippen LogP contribution is 2.15. The van der Waals surface area contributed by atoms with Crippen molar-refractivity contribution in [3.8, 4) is 0 Å². The molecule has 2 N–H and O–H groups in total. The van der Waals surface area contributed by atoms with Crippen molar-refractivity contribution in [2.45, 2.75) is 13.0 Å². The molecule has 1 amide bonds. The van der Waals surface area contributed by atoms with Crippen molar-refractivity contribution in [1.82, 2.24) is 4.90 Å². The zero-order valence-electron chi connectivity index (χ0n) is 10.6. The van der Waals surface area contributed by atoms with Gasteiger partial charge in [-0.1, -0.05) is 12.2 Å². The van der Waals surface area contributed by atoms with E-state index >= 15 is 0 Å². The van der Waals surface area contributed by atoms with Crippen LogP contribution in [0.2, 0.25) is 0 Å². The van der Waals surface area contributed by atoms with Crippen molar-refractivity contribution in [1.29, 1.82) is 0 Å². The zero-order chi connectivity index (χ0) is 14.0. The lowest BCUT2D eigenvalue weighted by Crippen LogP contribution is -2.50. The molecule has 1 fully saturated rings. The van der Waals surface area contributed by atoms with Gasteiger partial charge in [-0.3, -0.25) is 4.79 Å². The molecular formula is C13H15FN2O2S. The number of morpholine rings is 1. The number of rotatable bonds is 2. The molecule has 0 spiro atoms. The Labute approximate surface area is 116 Å². The zero-order valence-corrected chi connectivity index (χ0v) is 11.4. The van der Waals surface area contributed by atoms with E-state index in [9.17, 15) is 9.18 Å². The Morgan fingerprint density at radius 3 is 2.95 bits per heavy atom.